The van der Waals surface area contributed by atoms with Crippen LogP contribution in [0.15, 0.2) is 24.3 Å². The number of nitrogens with one attached hydrogen (secondary N) is 2. The number of carbonyl (C=O) groups is 2. The van der Waals surface area contributed by atoms with Crippen molar-refractivity contribution in [3.8, 4) is 5.75 Å². The number of carbonyl (C=O) groups excluding carboxylic acids is 2. The fourth-order valence-electron chi connectivity index (χ4n) is 5.95. The van der Waals surface area contributed by atoms with Gasteiger partial charge in [0.1, 0.15) is 5.75 Å². The molecule has 0 spiro atoms. The number of hydrogen-bond donors (Lipinski definition) is 2. The lowest BCUT2D eigenvalue weighted by atomic mass is 9.49. The number of methoxy groups -OCH3 is 1. The lowest BCUT2D eigenvalue weighted by Crippen LogP contribution is -2.54. The van der Waals surface area contributed by atoms with Gasteiger partial charge in [-0.25, -0.2) is 0 Å². The maximum absolute atomic E-state index is 12.9. The van der Waals surface area contributed by atoms with Crippen molar-refractivity contribution in [3.63, 3.8) is 0 Å². The van der Waals surface area contributed by atoms with Gasteiger partial charge in [-0.3, -0.25) is 9.59 Å². The van der Waals surface area contributed by atoms with Gasteiger partial charge in [-0.05, 0) is 74.0 Å². The van der Waals surface area contributed by atoms with E-state index in [1.165, 1.54) is 19.3 Å². The highest BCUT2D eigenvalue weighted by Crippen LogP contribution is 2.60. The molecule has 5 rings (SSSR count). The second-order valence-electron chi connectivity index (χ2n) is 8.83. The Kier molecular flexibility index (Phi) is 5.11. The summed E-state index contributed by atoms with van der Waals surface area (Å²) in [6.45, 7) is 0.988. The molecule has 0 radical (unpaired) electrons. The summed E-state index contributed by atoms with van der Waals surface area (Å²) in [5, 5.41) is 6.01. The van der Waals surface area contributed by atoms with Crippen LogP contribution in [0.4, 0.5) is 0 Å². The molecule has 0 atom stereocenters. The number of benzene rings is 1. The van der Waals surface area contributed by atoms with Crippen LogP contribution in [0.3, 0.4) is 0 Å². The Hall–Kier alpha value is -2.04. The predicted octanol–water partition coefficient (Wildman–Crippen LogP) is 2.69. The highest BCUT2D eigenvalue weighted by Gasteiger charge is 2.54. The van der Waals surface area contributed by atoms with Crippen LogP contribution in [0.5, 0.6) is 5.75 Å². The van der Waals surface area contributed by atoms with Crippen molar-refractivity contribution in [2.24, 2.45) is 23.2 Å². The van der Waals surface area contributed by atoms with Crippen LogP contribution in [-0.4, -0.2) is 32.0 Å². The SMILES string of the molecule is COc1ccc(CC(=O)NCCNC(=O)C23CC4CC(CC(C4)C2)C3)cc1. The molecule has 0 aromatic heterocycles. The molecule has 146 valence electrons. The molecule has 0 saturated heterocycles. The van der Waals surface area contributed by atoms with Gasteiger partial charge in [-0.1, -0.05) is 12.1 Å². The molecular weight excluding hydrogens is 340 g/mol. The molecule has 0 heterocycles. The van der Waals surface area contributed by atoms with E-state index in [2.05, 4.69) is 10.6 Å². The van der Waals surface area contributed by atoms with Crippen molar-refractivity contribution < 1.29 is 14.3 Å². The zero-order valence-electron chi connectivity index (χ0n) is 16.1. The van der Waals surface area contributed by atoms with E-state index in [4.69, 9.17) is 4.74 Å². The molecule has 27 heavy (non-hydrogen) atoms. The summed E-state index contributed by atoms with van der Waals surface area (Å²) < 4.78 is 5.12. The maximum atomic E-state index is 12.9. The molecule has 4 fully saturated rings. The third-order valence-corrected chi connectivity index (χ3v) is 6.78. The van der Waals surface area contributed by atoms with E-state index in [-0.39, 0.29) is 17.2 Å². The summed E-state index contributed by atoms with van der Waals surface area (Å²) in [6, 6.07) is 7.50. The molecule has 0 aliphatic heterocycles. The Morgan fingerprint density at radius 2 is 1.52 bits per heavy atom. The van der Waals surface area contributed by atoms with Crippen molar-refractivity contribution in [1.29, 1.82) is 0 Å². The van der Waals surface area contributed by atoms with Gasteiger partial charge in [-0.2, -0.15) is 0 Å². The van der Waals surface area contributed by atoms with Crippen LogP contribution in [0.25, 0.3) is 0 Å². The van der Waals surface area contributed by atoms with Gasteiger partial charge in [0.15, 0.2) is 0 Å². The minimum absolute atomic E-state index is 0.0239. The van der Waals surface area contributed by atoms with Crippen LogP contribution in [0, 0.1) is 23.2 Å². The zero-order chi connectivity index (χ0) is 18.9. The Balaban J connectivity index is 1.19. The first-order chi connectivity index (χ1) is 13.1. The van der Waals surface area contributed by atoms with Crippen molar-refractivity contribution in [1.82, 2.24) is 10.6 Å². The zero-order valence-corrected chi connectivity index (χ0v) is 16.1. The van der Waals surface area contributed by atoms with Gasteiger partial charge >= 0.3 is 0 Å². The van der Waals surface area contributed by atoms with Gasteiger partial charge in [-0.15, -0.1) is 0 Å². The molecule has 4 aliphatic carbocycles. The molecular formula is C22H30N2O3. The Morgan fingerprint density at radius 3 is 2.07 bits per heavy atom. The second-order valence-corrected chi connectivity index (χ2v) is 8.83. The van der Waals surface area contributed by atoms with Crippen molar-refractivity contribution in [2.45, 2.75) is 44.9 Å². The summed E-state index contributed by atoms with van der Waals surface area (Å²) >= 11 is 0. The fraction of sp³-hybridized carbons (Fsp3) is 0.636. The van der Waals surface area contributed by atoms with Crippen molar-refractivity contribution in [2.75, 3.05) is 20.2 Å². The van der Waals surface area contributed by atoms with Gasteiger partial charge in [0, 0.05) is 18.5 Å². The summed E-state index contributed by atoms with van der Waals surface area (Å²) in [4.78, 5) is 24.9. The minimum Gasteiger partial charge on any atom is -0.497 e. The lowest BCUT2D eigenvalue weighted by Gasteiger charge is -2.55. The third-order valence-electron chi connectivity index (χ3n) is 6.78. The van der Waals surface area contributed by atoms with E-state index in [0.717, 1.165) is 48.3 Å². The molecule has 0 unspecified atom stereocenters. The molecule has 4 aliphatic rings. The molecule has 4 saturated carbocycles. The van der Waals surface area contributed by atoms with Gasteiger partial charge in [0.05, 0.1) is 13.5 Å². The molecule has 2 amide bonds. The van der Waals surface area contributed by atoms with Crippen LogP contribution in [0.2, 0.25) is 0 Å². The normalized spacial score (nSPS) is 30.8. The summed E-state index contributed by atoms with van der Waals surface area (Å²) in [5.41, 5.74) is 0.841. The highest BCUT2D eigenvalue weighted by molar-refractivity contribution is 5.83. The number of amides is 2. The maximum Gasteiger partial charge on any atom is 0.226 e. The standard InChI is InChI=1S/C22H30N2O3/c1-27-19-4-2-15(3-5-19)11-20(25)23-6-7-24-21(26)22-12-16-8-17(13-22)10-18(9-16)14-22/h2-5,16-18H,6-14H2,1H3,(H,23,25)(H,24,26). The largest absolute Gasteiger partial charge is 0.497 e. The van der Waals surface area contributed by atoms with E-state index in [9.17, 15) is 9.59 Å². The van der Waals surface area contributed by atoms with Gasteiger partial charge < -0.3 is 15.4 Å². The molecule has 5 heteroatoms. The van der Waals surface area contributed by atoms with E-state index < -0.39 is 0 Å². The minimum atomic E-state index is -0.109. The van der Waals surface area contributed by atoms with Crippen LogP contribution in [-0.2, 0) is 16.0 Å². The van der Waals surface area contributed by atoms with Gasteiger partial charge in [0.2, 0.25) is 11.8 Å². The van der Waals surface area contributed by atoms with Crippen LogP contribution in [0.1, 0.15) is 44.1 Å². The first-order valence-corrected chi connectivity index (χ1v) is 10.2. The third kappa shape index (κ3) is 3.97. The van der Waals surface area contributed by atoms with Crippen molar-refractivity contribution in [3.05, 3.63) is 29.8 Å². The monoisotopic (exact) mass is 370 g/mol. The Bertz CT molecular complexity index is 663. The van der Waals surface area contributed by atoms with E-state index in [1.54, 1.807) is 7.11 Å². The van der Waals surface area contributed by atoms with Crippen LogP contribution < -0.4 is 15.4 Å². The summed E-state index contributed by atoms with van der Waals surface area (Å²) in [5.74, 6) is 3.30. The summed E-state index contributed by atoms with van der Waals surface area (Å²) in [6.07, 6.45) is 7.60. The quantitative estimate of drug-likeness (QED) is 0.725. The van der Waals surface area contributed by atoms with Crippen molar-refractivity contribution >= 4 is 11.8 Å². The second kappa shape index (κ2) is 7.53. The number of ether oxygens (including phenoxy) is 1. The smallest absolute Gasteiger partial charge is 0.226 e. The van der Waals surface area contributed by atoms with Crippen LogP contribution >= 0.6 is 0 Å². The number of rotatable bonds is 7. The topological polar surface area (TPSA) is 67.4 Å². The lowest BCUT2D eigenvalue weighted by molar-refractivity contribution is -0.146. The molecule has 4 bridgehead atoms. The average Bonchev–Trinajstić information content (AvgIpc) is 2.64. The molecule has 2 N–H and O–H groups in total. The predicted molar refractivity (Wildman–Crippen MR) is 103 cm³/mol. The number of hydrogen-bond acceptors (Lipinski definition) is 3. The molecule has 1 aromatic rings. The summed E-state index contributed by atoms with van der Waals surface area (Å²) in [7, 11) is 1.62. The first kappa shape index (κ1) is 18.3. The molecule has 1 aromatic carbocycles. The fourth-order valence-corrected chi connectivity index (χ4v) is 5.95. The van der Waals surface area contributed by atoms with E-state index in [0.29, 0.717) is 19.5 Å². The van der Waals surface area contributed by atoms with Gasteiger partial charge in [0.25, 0.3) is 0 Å². The average molecular weight is 370 g/mol. The Morgan fingerprint density at radius 1 is 0.963 bits per heavy atom. The molecule has 5 nitrogen and oxygen atoms in total. The van der Waals surface area contributed by atoms with E-state index in [1.807, 2.05) is 24.3 Å². The highest BCUT2D eigenvalue weighted by atomic mass is 16.5. The first-order valence-electron chi connectivity index (χ1n) is 10.2. The van der Waals surface area contributed by atoms with E-state index >= 15 is 0 Å². The Labute approximate surface area is 161 Å².